The van der Waals surface area contributed by atoms with Gasteiger partial charge in [-0.1, -0.05) is 13.8 Å². The largest absolute Gasteiger partial charge is 0.379 e. The number of nitrogens with one attached hydrogen (secondary N) is 1. The topological polar surface area (TPSA) is 24.5 Å². The van der Waals surface area contributed by atoms with E-state index >= 15 is 0 Å². The Morgan fingerprint density at radius 3 is 2.82 bits per heavy atom. The molecular weight excluding hydrogens is 212 g/mol. The molecule has 4 unspecified atom stereocenters. The van der Waals surface area contributed by atoms with Gasteiger partial charge >= 0.3 is 0 Å². The molecule has 0 aromatic rings. The maximum Gasteiger partial charge on any atom is 0.0623 e. The molecule has 2 heterocycles. The highest BCUT2D eigenvalue weighted by atomic mass is 16.5. The lowest BCUT2D eigenvalue weighted by molar-refractivity contribution is 0.0954. The zero-order valence-corrected chi connectivity index (χ0v) is 11.6. The van der Waals surface area contributed by atoms with Crippen molar-refractivity contribution >= 4 is 0 Å². The second-order valence-electron chi connectivity index (χ2n) is 5.95. The SMILES string of the molecule is CCNC1COCC1CN1CC(C)CCC1C. The van der Waals surface area contributed by atoms with Crippen LogP contribution in [0, 0.1) is 11.8 Å². The molecular formula is C14H28N2O. The molecule has 100 valence electrons. The lowest BCUT2D eigenvalue weighted by atomic mass is 9.93. The molecule has 0 spiro atoms. The molecule has 0 bridgehead atoms. The standard InChI is InChI=1S/C14H28N2O/c1-4-15-14-10-17-9-13(14)8-16-7-11(2)5-6-12(16)3/h11-15H,4-10H2,1-3H3. The van der Waals surface area contributed by atoms with Crippen LogP contribution >= 0.6 is 0 Å². The third kappa shape index (κ3) is 3.43. The van der Waals surface area contributed by atoms with Crippen LogP contribution in [0.1, 0.15) is 33.6 Å². The molecule has 1 N–H and O–H groups in total. The van der Waals surface area contributed by atoms with Crippen molar-refractivity contribution in [3.8, 4) is 0 Å². The summed E-state index contributed by atoms with van der Waals surface area (Å²) in [5, 5.41) is 3.56. The van der Waals surface area contributed by atoms with E-state index in [1.807, 2.05) is 0 Å². The molecule has 2 aliphatic heterocycles. The van der Waals surface area contributed by atoms with Gasteiger partial charge in [0, 0.05) is 31.1 Å². The molecule has 0 saturated carbocycles. The molecule has 0 amide bonds. The van der Waals surface area contributed by atoms with E-state index in [-0.39, 0.29) is 0 Å². The quantitative estimate of drug-likeness (QED) is 0.810. The van der Waals surface area contributed by atoms with Gasteiger partial charge in [-0.3, -0.25) is 4.90 Å². The fourth-order valence-electron chi connectivity index (χ4n) is 3.20. The monoisotopic (exact) mass is 240 g/mol. The van der Waals surface area contributed by atoms with E-state index in [1.54, 1.807) is 0 Å². The smallest absolute Gasteiger partial charge is 0.0623 e. The summed E-state index contributed by atoms with van der Waals surface area (Å²) in [6.45, 7) is 12.3. The first-order valence-corrected chi connectivity index (χ1v) is 7.25. The van der Waals surface area contributed by atoms with Gasteiger partial charge in [0.25, 0.3) is 0 Å². The van der Waals surface area contributed by atoms with E-state index in [0.717, 1.165) is 31.7 Å². The van der Waals surface area contributed by atoms with Crippen molar-refractivity contribution in [1.82, 2.24) is 10.2 Å². The Labute approximate surface area is 106 Å². The molecule has 17 heavy (non-hydrogen) atoms. The molecule has 4 atom stereocenters. The van der Waals surface area contributed by atoms with Gasteiger partial charge < -0.3 is 10.1 Å². The summed E-state index contributed by atoms with van der Waals surface area (Å²) in [5.41, 5.74) is 0. The van der Waals surface area contributed by atoms with Crippen LogP contribution < -0.4 is 5.32 Å². The van der Waals surface area contributed by atoms with Crippen LogP contribution in [0.15, 0.2) is 0 Å². The highest BCUT2D eigenvalue weighted by Gasteiger charge is 2.32. The van der Waals surface area contributed by atoms with Crippen LogP contribution in [0.4, 0.5) is 0 Å². The third-order valence-electron chi connectivity index (χ3n) is 4.38. The Morgan fingerprint density at radius 2 is 2.06 bits per heavy atom. The number of likely N-dealkylation sites (N-methyl/N-ethyl adjacent to an activating group) is 1. The Morgan fingerprint density at radius 1 is 1.24 bits per heavy atom. The minimum absolute atomic E-state index is 0.574. The van der Waals surface area contributed by atoms with Gasteiger partial charge in [0.15, 0.2) is 0 Å². The molecule has 2 saturated heterocycles. The average molecular weight is 240 g/mol. The maximum absolute atomic E-state index is 5.64. The first kappa shape index (κ1) is 13.3. The number of piperidine rings is 1. The van der Waals surface area contributed by atoms with Crippen LogP contribution in [0.3, 0.4) is 0 Å². The van der Waals surface area contributed by atoms with E-state index in [1.165, 1.54) is 25.9 Å². The number of likely N-dealkylation sites (tertiary alicyclic amines) is 1. The number of hydrogen-bond acceptors (Lipinski definition) is 3. The van der Waals surface area contributed by atoms with Gasteiger partial charge in [-0.25, -0.2) is 0 Å². The van der Waals surface area contributed by atoms with Crippen LogP contribution in [0.2, 0.25) is 0 Å². The molecule has 0 aromatic heterocycles. The first-order chi connectivity index (χ1) is 8.20. The zero-order valence-electron chi connectivity index (χ0n) is 11.6. The normalized spacial score (nSPS) is 39.7. The molecule has 3 heteroatoms. The fourth-order valence-corrected chi connectivity index (χ4v) is 3.20. The molecule has 2 fully saturated rings. The number of nitrogens with zero attached hydrogens (tertiary/aromatic N) is 1. The summed E-state index contributed by atoms with van der Waals surface area (Å²) >= 11 is 0. The number of hydrogen-bond donors (Lipinski definition) is 1. The van der Waals surface area contributed by atoms with Crippen molar-refractivity contribution in [2.24, 2.45) is 11.8 Å². The third-order valence-corrected chi connectivity index (χ3v) is 4.38. The summed E-state index contributed by atoms with van der Waals surface area (Å²) in [6.07, 6.45) is 2.76. The molecule has 0 aromatic carbocycles. The van der Waals surface area contributed by atoms with Gasteiger partial charge in [0.2, 0.25) is 0 Å². The second-order valence-corrected chi connectivity index (χ2v) is 5.95. The van der Waals surface area contributed by atoms with E-state index in [2.05, 4.69) is 31.0 Å². The lowest BCUT2D eigenvalue weighted by Crippen LogP contribution is -2.47. The van der Waals surface area contributed by atoms with Gasteiger partial charge in [-0.2, -0.15) is 0 Å². The Kier molecular flexibility index (Phi) is 4.83. The van der Waals surface area contributed by atoms with Crippen molar-refractivity contribution in [2.75, 3.05) is 32.8 Å². The Bertz CT molecular complexity index is 234. The van der Waals surface area contributed by atoms with Gasteiger partial charge in [0.05, 0.1) is 13.2 Å². The van der Waals surface area contributed by atoms with Crippen molar-refractivity contribution in [2.45, 2.75) is 45.7 Å². The van der Waals surface area contributed by atoms with E-state index in [4.69, 9.17) is 4.74 Å². The lowest BCUT2D eigenvalue weighted by Gasteiger charge is -2.38. The Balaban J connectivity index is 1.86. The summed E-state index contributed by atoms with van der Waals surface area (Å²) < 4.78 is 5.64. The van der Waals surface area contributed by atoms with Gasteiger partial charge in [-0.05, 0) is 32.2 Å². The van der Waals surface area contributed by atoms with E-state index in [9.17, 15) is 0 Å². The zero-order chi connectivity index (χ0) is 12.3. The predicted octanol–water partition coefficient (Wildman–Crippen LogP) is 1.73. The van der Waals surface area contributed by atoms with Crippen molar-refractivity contribution in [1.29, 1.82) is 0 Å². The first-order valence-electron chi connectivity index (χ1n) is 7.25. The minimum atomic E-state index is 0.574. The van der Waals surface area contributed by atoms with Crippen LogP contribution in [-0.2, 0) is 4.74 Å². The summed E-state index contributed by atoms with van der Waals surface area (Å²) in [7, 11) is 0. The molecule has 3 nitrogen and oxygen atoms in total. The molecule has 2 aliphatic rings. The van der Waals surface area contributed by atoms with E-state index < -0.39 is 0 Å². The fraction of sp³-hybridized carbons (Fsp3) is 1.00. The maximum atomic E-state index is 5.64. The second kappa shape index (κ2) is 6.17. The molecule has 0 radical (unpaired) electrons. The van der Waals surface area contributed by atoms with Gasteiger partial charge in [0.1, 0.15) is 0 Å². The van der Waals surface area contributed by atoms with Crippen LogP contribution in [-0.4, -0.2) is 49.8 Å². The van der Waals surface area contributed by atoms with Crippen LogP contribution in [0.25, 0.3) is 0 Å². The summed E-state index contributed by atoms with van der Waals surface area (Å²) in [6, 6.07) is 1.33. The molecule has 0 aliphatic carbocycles. The average Bonchev–Trinajstić information content (AvgIpc) is 2.72. The highest BCUT2D eigenvalue weighted by molar-refractivity contribution is 4.86. The summed E-state index contributed by atoms with van der Waals surface area (Å²) in [4.78, 5) is 2.68. The predicted molar refractivity (Wildman–Crippen MR) is 71.2 cm³/mol. The van der Waals surface area contributed by atoms with Gasteiger partial charge in [-0.15, -0.1) is 0 Å². The number of rotatable bonds is 4. The Hall–Kier alpha value is -0.120. The van der Waals surface area contributed by atoms with Crippen LogP contribution in [0.5, 0.6) is 0 Å². The van der Waals surface area contributed by atoms with Crippen molar-refractivity contribution < 1.29 is 4.74 Å². The highest BCUT2D eigenvalue weighted by Crippen LogP contribution is 2.24. The summed E-state index contributed by atoms with van der Waals surface area (Å²) in [5.74, 6) is 1.55. The van der Waals surface area contributed by atoms with Crippen molar-refractivity contribution in [3.05, 3.63) is 0 Å². The van der Waals surface area contributed by atoms with Crippen molar-refractivity contribution in [3.63, 3.8) is 0 Å². The number of ether oxygens (including phenoxy) is 1. The minimum Gasteiger partial charge on any atom is -0.379 e. The molecule has 2 rings (SSSR count). The van der Waals surface area contributed by atoms with E-state index in [0.29, 0.717) is 12.0 Å².